The van der Waals surface area contributed by atoms with Crippen LogP contribution < -0.4 is 4.74 Å². The second kappa shape index (κ2) is 7.73. The van der Waals surface area contributed by atoms with Gasteiger partial charge < -0.3 is 9.64 Å². The monoisotopic (exact) mass is 429 g/mol. The summed E-state index contributed by atoms with van der Waals surface area (Å²) < 4.78 is 5.25. The number of amides is 1. The first-order valence-electron chi connectivity index (χ1n) is 9.39. The lowest BCUT2D eigenvalue weighted by atomic mass is 9.95. The zero-order chi connectivity index (χ0) is 20.7. The third-order valence-corrected chi connectivity index (χ3v) is 5.79. The first kappa shape index (κ1) is 19.8. The van der Waals surface area contributed by atoms with Crippen LogP contribution in [-0.4, -0.2) is 34.7 Å². The summed E-state index contributed by atoms with van der Waals surface area (Å²) in [5, 5.41) is 8.38. The van der Waals surface area contributed by atoms with Crippen molar-refractivity contribution in [3.63, 3.8) is 0 Å². The number of carbonyl (C=O) groups is 1. The minimum atomic E-state index is -0.287. The lowest BCUT2D eigenvalue weighted by molar-refractivity contribution is 0.0722. The average Bonchev–Trinajstić information content (AvgIpc) is 3.24. The first-order valence-corrected chi connectivity index (χ1v) is 10.1. The van der Waals surface area contributed by atoms with Crippen LogP contribution in [0.1, 0.15) is 41.5 Å². The van der Waals surface area contributed by atoms with Crippen molar-refractivity contribution >= 4 is 29.1 Å². The third kappa shape index (κ3) is 3.49. The summed E-state index contributed by atoms with van der Waals surface area (Å²) in [6.07, 6.45) is 0. The number of fused-ring (bicyclic) bond motifs is 1. The number of nitrogens with zero attached hydrogens (tertiary/aromatic N) is 2. The summed E-state index contributed by atoms with van der Waals surface area (Å²) in [5.74, 6) is 1.02. The molecule has 1 unspecified atom stereocenters. The molecule has 0 spiro atoms. The fourth-order valence-corrected chi connectivity index (χ4v) is 4.08. The normalized spacial score (nSPS) is 15.9. The highest BCUT2D eigenvalue weighted by Gasteiger charge is 2.42. The number of rotatable bonds is 5. The molecule has 0 bridgehead atoms. The van der Waals surface area contributed by atoms with Crippen LogP contribution in [0, 0.1) is 5.92 Å². The van der Waals surface area contributed by atoms with E-state index in [1.807, 2.05) is 41.3 Å². The molecule has 0 fully saturated rings. The Kier molecular flexibility index (Phi) is 5.28. The molecule has 150 valence electrons. The Bertz CT molecular complexity index is 1060. The Balaban J connectivity index is 1.87. The number of aromatic nitrogens is 2. The molecule has 0 saturated carbocycles. The second-order valence-corrected chi connectivity index (χ2v) is 8.33. The number of halogens is 2. The van der Waals surface area contributed by atoms with Crippen molar-refractivity contribution in [2.75, 3.05) is 13.7 Å². The third-order valence-electron chi connectivity index (χ3n) is 5.05. The molecule has 1 atom stereocenters. The number of nitrogens with one attached hydrogen (secondary N) is 1. The summed E-state index contributed by atoms with van der Waals surface area (Å²) in [7, 11) is 1.63. The van der Waals surface area contributed by atoms with Gasteiger partial charge in [-0.05, 0) is 47.9 Å². The molecule has 1 aliphatic rings. The van der Waals surface area contributed by atoms with E-state index in [0.717, 1.165) is 28.1 Å². The van der Waals surface area contributed by atoms with Gasteiger partial charge in [-0.15, -0.1) is 0 Å². The fraction of sp³-hybridized carbons (Fsp3) is 0.273. The van der Waals surface area contributed by atoms with Crippen molar-refractivity contribution in [3.8, 4) is 17.0 Å². The number of aromatic amines is 1. The van der Waals surface area contributed by atoms with E-state index in [-0.39, 0.29) is 11.9 Å². The van der Waals surface area contributed by atoms with E-state index in [0.29, 0.717) is 28.2 Å². The molecule has 1 N–H and O–H groups in total. The van der Waals surface area contributed by atoms with Gasteiger partial charge in [0.05, 0.1) is 28.9 Å². The summed E-state index contributed by atoms with van der Waals surface area (Å²) in [6.45, 7) is 4.80. The fourth-order valence-electron chi connectivity index (χ4n) is 3.78. The molecule has 5 nitrogen and oxygen atoms in total. The summed E-state index contributed by atoms with van der Waals surface area (Å²) in [5.41, 5.74) is 3.95. The van der Waals surface area contributed by atoms with Gasteiger partial charge in [0.15, 0.2) is 0 Å². The van der Waals surface area contributed by atoms with Crippen molar-refractivity contribution in [3.05, 3.63) is 69.3 Å². The van der Waals surface area contributed by atoms with Crippen molar-refractivity contribution < 1.29 is 9.53 Å². The maximum atomic E-state index is 13.2. The number of hydrogen-bond acceptors (Lipinski definition) is 3. The van der Waals surface area contributed by atoms with Gasteiger partial charge in [-0.25, -0.2) is 0 Å². The number of benzene rings is 2. The van der Waals surface area contributed by atoms with Crippen LogP contribution in [0.25, 0.3) is 11.3 Å². The Morgan fingerprint density at radius 1 is 1.14 bits per heavy atom. The van der Waals surface area contributed by atoms with Crippen LogP contribution in [0.15, 0.2) is 42.5 Å². The lowest BCUT2D eigenvalue weighted by Crippen LogP contribution is -2.32. The second-order valence-electron chi connectivity index (χ2n) is 7.52. The molecule has 0 aliphatic carbocycles. The minimum absolute atomic E-state index is 0.0583. The number of hydrogen-bond donors (Lipinski definition) is 1. The zero-order valence-electron chi connectivity index (χ0n) is 16.4. The molecule has 0 radical (unpaired) electrons. The lowest BCUT2D eigenvalue weighted by Gasteiger charge is -2.28. The van der Waals surface area contributed by atoms with Gasteiger partial charge in [-0.3, -0.25) is 9.89 Å². The van der Waals surface area contributed by atoms with Crippen molar-refractivity contribution in [1.29, 1.82) is 0 Å². The van der Waals surface area contributed by atoms with E-state index >= 15 is 0 Å². The van der Waals surface area contributed by atoms with E-state index < -0.39 is 0 Å². The predicted molar refractivity (Wildman–Crippen MR) is 115 cm³/mol. The van der Waals surface area contributed by atoms with Crippen LogP contribution >= 0.6 is 23.2 Å². The molecule has 4 rings (SSSR count). The van der Waals surface area contributed by atoms with E-state index in [4.69, 9.17) is 27.9 Å². The van der Waals surface area contributed by atoms with Gasteiger partial charge in [0, 0.05) is 17.7 Å². The van der Waals surface area contributed by atoms with Gasteiger partial charge in [0.1, 0.15) is 11.4 Å². The smallest absolute Gasteiger partial charge is 0.273 e. The molecule has 1 amide bonds. The van der Waals surface area contributed by atoms with Crippen LogP contribution in [0.2, 0.25) is 10.0 Å². The minimum Gasteiger partial charge on any atom is -0.497 e. The Hall–Kier alpha value is -2.50. The highest BCUT2D eigenvalue weighted by molar-refractivity contribution is 6.42. The van der Waals surface area contributed by atoms with Crippen molar-refractivity contribution in [2.24, 2.45) is 5.92 Å². The van der Waals surface area contributed by atoms with Gasteiger partial charge in [0.2, 0.25) is 0 Å². The van der Waals surface area contributed by atoms with Crippen LogP contribution in [0.4, 0.5) is 0 Å². The Morgan fingerprint density at radius 2 is 1.86 bits per heavy atom. The Morgan fingerprint density at radius 3 is 2.48 bits per heavy atom. The number of carbonyl (C=O) groups excluding carboxylic acids is 1. The SMILES string of the molecule is COc1ccc(-c2n[nH]c3c2C(c2ccc(Cl)c(Cl)c2)N(CC(C)C)C3=O)cc1. The largest absolute Gasteiger partial charge is 0.497 e. The molecule has 2 heterocycles. The number of methoxy groups -OCH3 is 1. The molecule has 1 aromatic heterocycles. The maximum Gasteiger partial charge on any atom is 0.273 e. The quantitative estimate of drug-likeness (QED) is 0.574. The van der Waals surface area contributed by atoms with Crippen LogP contribution in [-0.2, 0) is 0 Å². The first-order chi connectivity index (χ1) is 13.9. The molecule has 1 aliphatic heterocycles. The van der Waals surface area contributed by atoms with Crippen LogP contribution in [0.5, 0.6) is 5.75 Å². The molecular formula is C22H21Cl2N3O2. The topological polar surface area (TPSA) is 58.2 Å². The van der Waals surface area contributed by atoms with E-state index in [1.54, 1.807) is 13.2 Å². The average molecular weight is 430 g/mol. The Labute approximate surface area is 179 Å². The summed E-state index contributed by atoms with van der Waals surface area (Å²) in [4.78, 5) is 15.1. The number of H-pyrrole nitrogens is 1. The summed E-state index contributed by atoms with van der Waals surface area (Å²) in [6, 6.07) is 12.9. The van der Waals surface area contributed by atoms with Gasteiger partial charge in [0.25, 0.3) is 5.91 Å². The van der Waals surface area contributed by atoms with Gasteiger partial charge >= 0.3 is 0 Å². The van der Waals surface area contributed by atoms with E-state index in [1.165, 1.54) is 0 Å². The predicted octanol–water partition coefficient (Wildman–Crippen LogP) is 5.59. The standard InChI is InChI=1S/C22H21Cl2N3O2/c1-12(2)11-27-21(14-6-9-16(23)17(24)10-14)18-19(25-26-20(18)22(27)28)13-4-7-15(29-3)8-5-13/h4-10,12,21H,11H2,1-3H3,(H,25,26). The molecule has 29 heavy (non-hydrogen) atoms. The van der Waals surface area contributed by atoms with Crippen molar-refractivity contribution in [1.82, 2.24) is 15.1 Å². The van der Waals surface area contributed by atoms with Crippen molar-refractivity contribution in [2.45, 2.75) is 19.9 Å². The highest BCUT2D eigenvalue weighted by Crippen LogP contribution is 2.44. The van der Waals surface area contributed by atoms with Gasteiger partial charge in [-0.1, -0.05) is 43.1 Å². The molecule has 0 saturated heterocycles. The number of ether oxygens (including phenoxy) is 1. The maximum absolute atomic E-state index is 13.2. The zero-order valence-corrected chi connectivity index (χ0v) is 17.9. The highest BCUT2D eigenvalue weighted by atomic mass is 35.5. The van der Waals surface area contributed by atoms with Crippen LogP contribution in [0.3, 0.4) is 0 Å². The molecule has 7 heteroatoms. The molecular weight excluding hydrogens is 409 g/mol. The van der Waals surface area contributed by atoms with E-state index in [9.17, 15) is 4.79 Å². The molecule has 2 aromatic carbocycles. The molecule has 3 aromatic rings. The van der Waals surface area contributed by atoms with E-state index in [2.05, 4.69) is 24.0 Å². The van der Waals surface area contributed by atoms with Gasteiger partial charge in [-0.2, -0.15) is 5.10 Å². The summed E-state index contributed by atoms with van der Waals surface area (Å²) >= 11 is 12.4.